The van der Waals surface area contributed by atoms with Gasteiger partial charge >= 0.3 is 0 Å². The van der Waals surface area contributed by atoms with Crippen LogP contribution in [-0.4, -0.2) is 29.8 Å². The molecule has 4 nitrogen and oxygen atoms in total. The van der Waals surface area contributed by atoms with Crippen molar-refractivity contribution in [2.24, 2.45) is 5.73 Å². The van der Waals surface area contributed by atoms with Crippen molar-refractivity contribution < 1.29 is 4.74 Å². The minimum Gasteiger partial charge on any atom is -0.369 e. The average Bonchev–Trinajstić information content (AvgIpc) is 2.57. The molecule has 1 fully saturated rings. The summed E-state index contributed by atoms with van der Waals surface area (Å²) < 4.78 is 5.92. The highest BCUT2D eigenvalue weighted by Crippen LogP contribution is 2.33. The maximum atomic E-state index is 5.97. The predicted octanol–water partition coefficient (Wildman–Crippen LogP) is 2.47. The van der Waals surface area contributed by atoms with Crippen LogP contribution in [-0.2, 0) is 4.74 Å². The average molecular weight is 269 g/mol. The normalized spacial score (nSPS) is 25.2. The van der Waals surface area contributed by atoms with Crippen LogP contribution in [0.2, 0.25) is 0 Å². The molecule has 2 N–H and O–H groups in total. The van der Waals surface area contributed by atoms with Gasteiger partial charge in [0, 0.05) is 24.0 Å². The van der Waals surface area contributed by atoms with Gasteiger partial charge in [-0.25, -0.2) is 4.98 Å². The lowest BCUT2D eigenvalue weighted by molar-refractivity contribution is -0.0749. The van der Waals surface area contributed by atoms with E-state index in [1.165, 1.54) is 4.88 Å². The van der Waals surface area contributed by atoms with Crippen molar-refractivity contribution in [2.75, 3.05) is 18.0 Å². The van der Waals surface area contributed by atoms with Crippen LogP contribution in [0, 0.1) is 6.92 Å². The number of ether oxygens (including phenoxy) is 1. The van der Waals surface area contributed by atoms with Crippen LogP contribution in [0.25, 0.3) is 0 Å². The molecule has 1 aliphatic heterocycles. The number of nitrogens with zero attached hydrogens (tertiary/aromatic N) is 2. The van der Waals surface area contributed by atoms with E-state index in [9.17, 15) is 0 Å². The van der Waals surface area contributed by atoms with E-state index in [1.54, 1.807) is 11.3 Å². The van der Waals surface area contributed by atoms with E-state index in [0.717, 1.165) is 23.9 Å². The number of anilines is 1. The Morgan fingerprint density at radius 3 is 2.72 bits per heavy atom. The number of aromatic nitrogens is 1. The Kier molecular flexibility index (Phi) is 3.67. The fraction of sp³-hybridized carbons (Fsp3) is 0.769. The molecule has 2 atom stereocenters. The molecule has 1 aliphatic rings. The Hall–Kier alpha value is -0.650. The quantitative estimate of drug-likeness (QED) is 0.896. The van der Waals surface area contributed by atoms with Gasteiger partial charge in [-0.3, -0.25) is 0 Å². The van der Waals surface area contributed by atoms with Gasteiger partial charge in [-0.15, -0.1) is 11.3 Å². The molecule has 0 aliphatic carbocycles. The monoisotopic (exact) mass is 269 g/mol. The minimum atomic E-state index is -0.119. The first-order valence-corrected chi connectivity index (χ1v) is 7.26. The summed E-state index contributed by atoms with van der Waals surface area (Å²) in [6, 6.07) is 0.0581. The number of hydrogen-bond donors (Lipinski definition) is 1. The molecule has 2 heterocycles. The Morgan fingerprint density at radius 2 is 2.22 bits per heavy atom. The van der Waals surface area contributed by atoms with Crippen molar-refractivity contribution in [1.82, 2.24) is 4.98 Å². The summed E-state index contributed by atoms with van der Waals surface area (Å²) in [5.41, 5.74) is 6.90. The zero-order chi connectivity index (χ0) is 13.5. The van der Waals surface area contributed by atoms with Crippen molar-refractivity contribution in [3.8, 4) is 0 Å². The first kappa shape index (κ1) is 13.8. The smallest absolute Gasteiger partial charge is 0.186 e. The van der Waals surface area contributed by atoms with Gasteiger partial charge in [0.25, 0.3) is 0 Å². The van der Waals surface area contributed by atoms with Crippen molar-refractivity contribution in [3.05, 3.63) is 10.6 Å². The molecule has 102 valence electrons. The van der Waals surface area contributed by atoms with E-state index in [2.05, 4.69) is 30.7 Å². The zero-order valence-corrected chi connectivity index (χ0v) is 12.7. The van der Waals surface area contributed by atoms with E-state index in [0.29, 0.717) is 0 Å². The second-order valence-electron chi connectivity index (χ2n) is 5.80. The topological polar surface area (TPSA) is 51.4 Å². The predicted molar refractivity (Wildman–Crippen MR) is 76.3 cm³/mol. The van der Waals surface area contributed by atoms with Crippen LogP contribution in [0.3, 0.4) is 0 Å². The molecule has 0 aromatic carbocycles. The first-order valence-electron chi connectivity index (χ1n) is 6.44. The SMILES string of the molecule is Cc1nc(N2CC(C)OC(C)(C)C2)sc1C(C)N. The molecular formula is C13H23N3OS. The van der Waals surface area contributed by atoms with Crippen LogP contribution in [0.4, 0.5) is 5.13 Å². The Bertz CT molecular complexity index is 428. The van der Waals surface area contributed by atoms with E-state index in [-0.39, 0.29) is 17.7 Å². The number of nitrogens with two attached hydrogens (primary N) is 1. The number of hydrogen-bond acceptors (Lipinski definition) is 5. The summed E-state index contributed by atoms with van der Waals surface area (Å²) in [5.74, 6) is 0. The molecule has 2 unspecified atom stereocenters. The van der Waals surface area contributed by atoms with Gasteiger partial charge in [-0.2, -0.15) is 0 Å². The van der Waals surface area contributed by atoms with Gasteiger partial charge in [-0.05, 0) is 34.6 Å². The summed E-state index contributed by atoms with van der Waals surface area (Å²) >= 11 is 1.71. The highest BCUT2D eigenvalue weighted by molar-refractivity contribution is 7.15. The first-order chi connectivity index (χ1) is 8.28. The minimum absolute atomic E-state index is 0.0581. The van der Waals surface area contributed by atoms with Crippen LogP contribution in [0.1, 0.15) is 44.3 Å². The van der Waals surface area contributed by atoms with E-state index in [1.807, 2.05) is 13.8 Å². The molecule has 1 saturated heterocycles. The fourth-order valence-electron chi connectivity index (χ4n) is 2.55. The molecule has 2 rings (SSSR count). The molecule has 18 heavy (non-hydrogen) atoms. The third kappa shape index (κ3) is 2.84. The van der Waals surface area contributed by atoms with Crippen LogP contribution < -0.4 is 10.6 Å². The van der Waals surface area contributed by atoms with Crippen molar-refractivity contribution >= 4 is 16.5 Å². The lowest BCUT2D eigenvalue weighted by atomic mass is 10.1. The number of rotatable bonds is 2. The molecule has 1 aromatic rings. The standard InChI is InChI=1S/C13H23N3OS/c1-8-6-16(7-13(4,5)17-8)12-15-10(3)11(18-12)9(2)14/h8-9H,6-7,14H2,1-5H3. The van der Waals surface area contributed by atoms with Crippen LogP contribution in [0.5, 0.6) is 0 Å². The van der Waals surface area contributed by atoms with E-state index >= 15 is 0 Å². The highest BCUT2D eigenvalue weighted by atomic mass is 32.1. The Balaban J connectivity index is 2.23. The lowest BCUT2D eigenvalue weighted by Crippen LogP contribution is -2.52. The van der Waals surface area contributed by atoms with Gasteiger partial charge in [0.15, 0.2) is 5.13 Å². The maximum Gasteiger partial charge on any atom is 0.186 e. The summed E-state index contributed by atoms with van der Waals surface area (Å²) in [4.78, 5) is 8.16. The second kappa shape index (κ2) is 4.79. The largest absolute Gasteiger partial charge is 0.369 e. The Labute approximate surface area is 113 Å². The molecule has 0 saturated carbocycles. The third-order valence-corrected chi connectivity index (χ3v) is 4.49. The molecular weight excluding hydrogens is 246 g/mol. The molecule has 0 amide bonds. The zero-order valence-electron chi connectivity index (χ0n) is 11.9. The fourth-order valence-corrected chi connectivity index (χ4v) is 3.58. The van der Waals surface area contributed by atoms with Gasteiger partial charge in [0.05, 0.1) is 17.4 Å². The Morgan fingerprint density at radius 1 is 1.56 bits per heavy atom. The molecule has 5 heteroatoms. The number of morpholine rings is 1. The van der Waals surface area contributed by atoms with Crippen molar-refractivity contribution in [3.63, 3.8) is 0 Å². The van der Waals surface area contributed by atoms with Crippen LogP contribution >= 0.6 is 11.3 Å². The van der Waals surface area contributed by atoms with E-state index in [4.69, 9.17) is 10.5 Å². The van der Waals surface area contributed by atoms with Crippen molar-refractivity contribution in [2.45, 2.75) is 52.4 Å². The summed E-state index contributed by atoms with van der Waals surface area (Å²) in [5, 5.41) is 1.07. The van der Waals surface area contributed by atoms with Crippen LogP contribution in [0.15, 0.2) is 0 Å². The summed E-state index contributed by atoms with van der Waals surface area (Å²) in [7, 11) is 0. The molecule has 0 spiro atoms. The number of aryl methyl sites for hydroxylation is 1. The maximum absolute atomic E-state index is 5.97. The van der Waals surface area contributed by atoms with Gasteiger partial charge < -0.3 is 15.4 Å². The molecule has 0 bridgehead atoms. The number of thiazole rings is 1. The van der Waals surface area contributed by atoms with Gasteiger partial charge in [0.1, 0.15) is 0 Å². The highest BCUT2D eigenvalue weighted by Gasteiger charge is 2.33. The lowest BCUT2D eigenvalue weighted by Gasteiger charge is -2.41. The summed E-state index contributed by atoms with van der Waals surface area (Å²) in [6.07, 6.45) is 0.233. The summed E-state index contributed by atoms with van der Waals surface area (Å²) in [6.45, 7) is 12.2. The van der Waals surface area contributed by atoms with Crippen molar-refractivity contribution in [1.29, 1.82) is 0 Å². The van der Waals surface area contributed by atoms with E-state index < -0.39 is 0 Å². The molecule has 0 radical (unpaired) electrons. The van der Waals surface area contributed by atoms with Gasteiger partial charge in [0.2, 0.25) is 0 Å². The van der Waals surface area contributed by atoms with Gasteiger partial charge in [-0.1, -0.05) is 0 Å². The molecule has 1 aromatic heterocycles. The second-order valence-corrected chi connectivity index (χ2v) is 6.81. The third-order valence-electron chi connectivity index (χ3n) is 3.07.